The van der Waals surface area contributed by atoms with Crippen LogP contribution in [0.1, 0.15) is 23.2 Å². The van der Waals surface area contributed by atoms with Gasteiger partial charge >= 0.3 is 0 Å². The lowest BCUT2D eigenvalue weighted by molar-refractivity contribution is 0.0917. The molecule has 1 N–H and O–H groups in total. The number of para-hydroxylation sites is 1. The second-order valence-corrected chi connectivity index (χ2v) is 6.02. The number of fused-ring (bicyclic) bond motifs is 1. The number of aromatic nitrogens is 2. The van der Waals surface area contributed by atoms with Gasteiger partial charge in [0.15, 0.2) is 0 Å². The molecule has 1 atom stereocenters. The molecule has 0 bridgehead atoms. The van der Waals surface area contributed by atoms with Gasteiger partial charge in [0.1, 0.15) is 0 Å². The first-order valence-electron chi connectivity index (χ1n) is 8.23. The van der Waals surface area contributed by atoms with E-state index < -0.39 is 0 Å². The summed E-state index contributed by atoms with van der Waals surface area (Å²) in [6.45, 7) is 1.35. The minimum atomic E-state index is -0.0202. The van der Waals surface area contributed by atoms with Gasteiger partial charge in [-0.1, -0.05) is 18.2 Å². The van der Waals surface area contributed by atoms with Crippen molar-refractivity contribution >= 4 is 22.6 Å². The van der Waals surface area contributed by atoms with Crippen LogP contribution in [-0.2, 0) is 4.74 Å². The van der Waals surface area contributed by atoms with Crippen LogP contribution < -0.4 is 4.90 Å². The summed E-state index contributed by atoms with van der Waals surface area (Å²) in [6.07, 6.45) is 3.79. The number of rotatable bonds is 4. The Morgan fingerprint density at radius 3 is 2.92 bits per heavy atom. The molecule has 1 aromatic heterocycles. The van der Waals surface area contributed by atoms with Crippen molar-refractivity contribution < 1.29 is 9.53 Å². The molecule has 1 amide bonds. The molecule has 4 rings (SSSR count). The van der Waals surface area contributed by atoms with Crippen LogP contribution in [0.3, 0.4) is 0 Å². The van der Waals surface area contributed by atoms with E-state index in [1.165, 1.54) is 0 Å². The van der Waals surface area contributed by atoms with Crippen molar-refractivity contribution in [2.45, 2.75) is 18.9 Å². The Labute approximate surface area is 140 Å². The summed E-state index contributed by atoms with van der Waals surface area (Å²) in [5.74, 6) is -0.0202. The number of carbonyl (C=O) groups is 1. The monoisotopic (exact) mass is 321 g/mol. The molecular weight excluding hydrogens is 302 g/mol. The normalized spacial score (nSPS) is 17.2. The highest BCUT2D eigenvalue weighted by molar-refractivity contribution is 6.07. The first-order chi connectivity index (χ1) is 11.8. The first-order valence-corrected chi connectivity index (χ1v) is 8.23. The summed E-state index contributed by atoms with van der Waals surface area (Å²) >= 11 is 0. The summed E-state index contributed by atoms with van der Waals surface area (Å²) in [6, 6.07) is 15.3. The Morgan fingerprint density at radius 2 is 2.12 bits per heavy atom. The fourth-order valence-corrected chi connectivity index (χ4v) is 3.13. The first kappa shape index (κ1) is 14.9. The molecule has 1 fully saturated rings. The number of H-pyrrole nitrogens is 1. The van der Waals surface area contributed by atoms with Crippen LogP contribution in [0.2, 0.25) is 0 Å². The third-order valence-corrected chi connectivity index (χ3v) is 4.39. The smallest absolute Gasteiger partial charge is 0.258 e. The maximum absolute atomic E-state index is 13.1. The van der Waals surface area contributed by atoms with Gasteiger partial charge in [0.25, 0.3) is 5.91 Å². The van der Waals surface area contributed by atoms with Gasteiger partial charge in [0.2, 0.25) is 0 Å². The zero-order chi connectivity index (χ0) is 16.4. The van der Waals surface area contributed by atoms with E-state index in [0.29, 0.717) is 12.1 Å². The second kappa shape index (κ2) is 6.45. The van der Waals surface area contributed by atoms with E-state index >= 15 is 0 Å². The van der Waals surface area contributed by atoms with E-state index in [4.69, 9.17) is 4.74 Å². The molecule has 1 aliphatic heterocycles. The average Bonchev–Trinajstić information content (AvgIpc) is 3.30. The van der Waals surface area contributed by atoms with Crippen molar-refractivity contribution in [2.75, 3.05) is 18.1 Å². The van der Waals surface area contributed by atoms with Crippen LogP contribution in [0.15, 0.2) is 54.9 Å². The molecule has 2 aromatic carbocycles. The number of benzene rings is 2. The molecule has 5 heteroatoms. The largest absolute Gasteiger partial charge is 0.376 e. The topological polar surface area (TPSA) is 58.2 Å². The van der Waals surface area contributed by atoms with Crippen molar-refractivity contribution in [3.63, 3.8) is 0 Å². The highest BCUT2D eigenvalue weighted by atomic mass is 16.5. The maximum Gasteiger partial charge on any atom is 0.258 e. The predicted octanol–water partition coefficient (Wildman–Crippen LogP) is 3.39. The molecule has 1 unspecified atom stereocenters. The third-order valence-electron chi connectivity index (χ3n) is 4.39. The number of aromatic amines is 1. The number of nitrogens with one attached hydrogen (secondary N) is 1. The predicted molar refractivity (Wildman–Crippen MR) is 93.2 cm³/mol. The molecule has 5 nitrogen and oxygen atoms in total. The number of ether oxygens (including phenoxy) is 1. The summed E-state index contributed by atoms with van der Waals surface area (Å²) in [7, 11) is 0. The quantitative estimate of drug-likeness (QED) is 0.801. The molecule has 0 spiro atoms. The lowest BCUT2D eigenvalue weighted by Crippen LogP contribution is -2.37. The SMILES string of the molecule is O=C(c1ccc2nc[nH]c2c1)N(CC1CCCO1)c1ccccc1. The van der Waals surface area contributed by atoms with Gasteiger partial charge in [0.05, 0.1) is 30.0 Å². The Bertz CT molecular complexity index is 838. The molecule has 3 aromatic rings. The number of hydrogen-bond acceptors (Lipinski definition) is 3. The molecule has 0 aliphatic carbocycles. The number of hydrogen-bond donors (Lipinski definition) is 1. The van der Waals surface area contributed by atoms with Gasteiger partial charge in [0, 0.05) is 17.9 Å². The summed E-state index contributed by atoms with van der Waals surface area (Å²) in [5, 5.41) is 0. The second-order valence-electron chi connectivity index (χ2n) is 6.02. The van der Waals surface area contributed by atoms with Crippen LogP contribution in [0, 0.1) is 0 Å². The summed E-state index contributed by atoms with van der Waals surface area (Å²) in [4.78, 5) is 22.2. The number of nitrogens with zero attached hydrogens (tertiary/aromatic N) is 2. The van der Waals surface area contributed by atoms with Crippen LogP contribution in [0.4, 0.5) is 5.69 Å². The summed E-state index contributed by atoms with van der Waals surface area (Å²) in [5.41, 5.74) is 3.26. The fourth-order valence-electron chi connectivity index (χ4n) is 3.13. The molecule has 0 radical (unpaired) electrons. The average molecular weight is 321 g/mol. The molecule has 1 saturated heterocycles. The van der Waals surface area contributed by atoms with Gasteiger partial charge in [-0.25, -0.2) is 4.98 Å². The zero-order valence-electron chi connectivity index (χ0n) is 13.3. The van der Waals surface area contributed by atoms with Crippen molar-refractivity contribution in [2.24, 2.45) is 0 Å². The minimum Gasteiger partial charge on any atom is -0.376 e. The number of imidazole rings is 1. The van der Waals surface area contributed by atoms with E-state index in [0.717, 1.165) is 36.2 Å². The number of anilines is 1. The Kier molecular flexibility index (Phi) is 4.01. The van der Waals surface area contributed by atoms with Crippen molar-refractivity contribution in [3.8, 4) is 0 Å². The van der Waals surface area contributed by atoms with Crippen molar-refractivity contribution in [3.05, 3.63) is 60.4 Å². The Morgan fingerprint density at radius 1 is 1.25 bits per heavy atom. The van der Waals surface area contributed by atoms with Crippen LogP contribution in [0.25, 0.3) is 11.0 Å². The Balaban J connectivity index is 1.66. The van der Waals surface area contributed by atoms with Crippen molar-refractivity contribution in [1.29, 1.82) is 0 Å². The molecular formula is C19H19N3O2. The minimum absolute atomic E-state index is 0.0202. The van der Waals surface area contributed by atoms with Crippen LogP contribution >= 0.6 is 0 Å². The molecule has 0 saturated carbocycles. The molecule has 24 heavy (non-hydrogen) atoms. The van der Waals surface area contributed by atoms with Crippen molar-refractivity contribution in [1.82, 2.24) is 9.97 Å². The van der Waals surface area contributed by atoms with E-state index in [1.807, 2.05) is 53.4 Å². The van der Waals surface area contributed by atoms with E-state index in [1.54, 1.807) is 6.33 Å². The zero-order valence-corrected chi connectivity index (χ0v) is 13.3. The number of carbonyl (C=O) groups excluding carboxylic acids is 1. The van der Waals surface area contributed by atoms with E-state index in [9.17, 15) is 4.79 Å². The standard InChI is InChI=1S/C19H19N3O2/c23-19(14-8-9-17-18(11-14)21-13-20-17)22(12-16-7-4-10-24-16)15-5-2-1-3-6-15/h1-3,5-6,8-9,11,13,16H,4,7,10,12H2,(H,20,21). The maximum atomic E-state index is 13.1. The van der Waals surface area contributed by atoms with E-state index in [2.05, 4.69) is 9.97 Å². The van der Waals surface area contributed by atoms with Gasteiger partial charge in [-0.05, 0) is 43.2 Å². The fraction of sp³-hybridized carbons (Fsp3) is 0.263. The van der Waals surface area contributed by atoms with Crippen LogP contribution in [0.5, 0.6) is 0 Å². The van der Waals surface area contributed by atoms with Gasteiger partial charge in [-0.15, -0.1) is 0 Å². The Hall–Kier alpha value is -2.66. The van der Waals surface area contributed by atoms with Gasteiger partial charge in [-0.3, -0.25) is 4.79 Å². The molecule has 1 aliphatic rings. The molecule has 122 valence electrons. The number of amides is 1. The van der Waals surface area contributed by atoms with Gasteiger partial charge < -0.3 is 14.6 Å². The van der Waals surface area contributed by atoms with E-state index in [-0.39, 0.29) is 12.0 Å². The highest BCUT2D eigenvalue weighted by Gasteiger charge is 2.24. The summed E-state index contributed by atoms with van der Waals surface area (Å²) < 4.78 is 5.74. The lowest BCUT2D eigenvalue weighted by atomic mass is 10.1. The third kappa shape index (κ3) is 2.90. The van der Waals surface area contributed by atoms with Gasteiger partial charge in [-0.2, -0.15) is 0 Å². The highest BCUT2D eigenvalue weighted by Crippen LogP contribution is 2.22. The lowest BCUT2D eigenvalue weighted by Gasteiger charge is -2.25. The molecule has 2 heterocycles. The van der Waals surface area contributed by atoms with Crippen LogP contribution in [-0.4, -0.2) is 35.1 Å².